The average molecular weight is 223 g/mol. The maximum absolute atomic E-state index is 12.3. The van der Waals surface area contributed by atoms with Crippen LogP contribution in [0.5, 0.6) is 0 Å². The summed E-state index contributed by atoms with van der Waals surface area (Å²) in [6.07, 6.45) is 6.51. The zero-order chi connectivity index (χ0) is 10.6. The quantitative estimate of drug-likeness (QED) is 0.736. The highest BCUT2D eigenvalue weighted by Crippen LogP contribution is 2.27. The average Bonchev–Trinajstić information content (AvgIpc) is 2.02. The highest BCUT2D eigenvalue weighted by Gasteiger charge is 2.20. The highest BCUT2D eigenvalue weighted by atomic mass is 32.3. The minimum atomic E-state index is -4.40. The van der Waals surface area contributed by atoms with Gasteiger partial charge >= 0.3 is 10.2 Å². The number of rotatable bonds is 4. The molecule has 1 aliphatic rings. The first-order valence-electron chi connectivity index (χ1n) is 5.15. The van der Waals surface area contributed by atoms with Crippen molar-refractivity contribution in [1.29, 1.82) is 0 Å². The van der Waals surface area contributed by atoms with Crippen LogP contribution in [0, 0.1) is 5.92 Å². The molecule has 1 unspecified atom stereocenters. The van der Waals surface area contributed by atoms with Crippen LogP contribution in [0.25, 0.3) is 0 Å². The van der Waals surface area contributed by atoms with Gasteiger partial charge in [-0.2, -0.15) is 8.42 Å². The van der Waals surface area contributed by atoms with Gasteiger partial charge in [0.1, 0.15) is 0 Å². The summed E-state index contributed by atoms with van der Waals surface area (Å²) in [6.45, 7) is 0. The normalized spacial score (nSPS) is 22.1. The van der Waals surface area contributed by atoms with Crippen molar-refractivity contribution in [2.75, 3.05) is 5.75 Å². The van der Waals surface area contributed by atoms with E-state index in [1.807, 2.05) is 0 Å². The lowest BCUT2D eigenvalue weighted by Crippen LogP contribution is -2.31. The van der Waals surface area contributed by atoms with Gasteiger partial charge in [0.2, 0.25) is 0 Å². The van der Waals surface area contributed by atoms with Crippen LogP contribution in [-0.2, 0) is 10.2 Å². The first-order valence-corrected chi connectivity index (χ1v) is 6.70. The maximum atomic E-state index is 12.3. The van der Waals surface area contributed by atoms with Crippen LogP contribution in [-0.4, -0.2) is 20.2 Å². The minimum Gasteiger partial charge on any atom is -0.327 e. The fourth-order valence-corrected chi connectivity index (χ4v) is 2.82. The number of hydrogen-bond acceptors (Lipinski definition) is 3. The molecular formula is C9H18FNO2S. The Balaban J connectivity index is 2.28. The molecule has 0 heterocycles. The predicted molar refractivity (Wildman–Crippen MR) is 54.1 cm³/mol. The van der Waals surface area contributed by atoms with Crippen molar-refractivity contribution in [3.05, 3.63) is 0 Å². The van der Waals surface area contributed by atoms with Gasteiger partial charge in [-0.15, -0.1) is 3.89 Å². The Hall–Kier alpha value is -0.160. The van der Waals surface area contributed by atoms with Crippen molar-refractivity contribution in [3.8, 4) is 0 Å². The molecule has 0 aromatic rings. The molecule has 84 valence electrons. The van der Waals surface area contributed by atoms with Crippen LogP contribution in [0.15, 0.2) is 0 Å². The summed E-state index contributed by atoms with van der Waals surface area (Å²) in [6, 6.07) is -0.534. The molecule has 2 N–H and O–H groups in total. The van der Waals surface area contributed by atoms with Crippen LogP contribution in [0.4, 0.5) is 3.89 Å². The van der Waals surface area contributed by atoms with Gasteiger partial charge in [-0.25, -0.2) is 0 Å². The smallest absolute Gasteiger partial charge is 0.303 e. The van der Waals surface area contributed by atoms with Crippen molar-refractivity contribution < 1.29 is 12.3 Å². The van der Waals surface area contributed by atoms with Crippen molar-refractivity contribution in [2.24, 2.45) is 11.7 Å². The molecular weight excluding hydrogens is 205 g/mol. The maximum Gasteiger partial charge on any atom is 0.303 e. The lowest BCUT2D eigenvalue weighted by atomic mass is 9.85. The molecule has 5 heteroatoms. The third-order valence-electron chi connectivity index (χ3n) is 2.77. The van der Waals surface area contributed by atoms with Crippen LogP contribution >= 0.6 is 0 Å². The zero-order valence-electron chi connectivity index (χ0n) is 8.28. The highest BCUT2D eigenvalue weighted by molar-refractivity contribution is 7.86. The molecule has 0 saturated heterocycles. The van der Waals surface area contributed by atoms with E-state index in [2.05, 4.69) is 0 Å². The van der Waals surface area contributed by atoms with Crippen LogP contribution < -0.4 is 5.73 Å². The van der Waals surface area contributed by atoms with Crippen molar-refractivity contribution >= 4 is 10.2 Å². The Morgan fingerprint density at radius 3 is 2.36 bits per heavy atom. The van der Waals surface area contributed by atoms with E-state index < -0.39 is 22.0 Å². The third kappa shape index (κ3) is 4.91. The Morgan fingerprint density at radius 2 is 1.86 bits per heavy atom. The van der Waals surface area contributed by atoms with Gasteiger partial charge in [-0.1, -0.05) is 32.1 Å². The molecule has 0 aliphatic heterocycles. The van der Waals surface area contributed by atoms with Crippen molar-refractivity contribution in [1.82, 2.24) is 0 Å². The summed E-state index contributed by atoms with van der Waals surface area (Å²) in [7, 11) is -4.40. The summed E-state index contributed by atoms with van der Waals surface area (Å²) in [5.74, 6) is -0.0238. The molecule has 1 aliphatic carbocycles. The summed E-state index contributed by atoms with van der Waals surface area (Å²) in [4.78, 5) is 0. The zero-order valence-corrected chi connectivity index (χ0v) is 9.10. The Morgan fingerprint density at radius 1 is 1.29 bits per heavy atom. The summed E-state index contributed by atoms with van der Waals surface area (Å²) >= 11 is 0. The standard InChI is InChI=1S/C9H18FNO2S/c10-14(12,13)7-9(11)6-8-4-2-1-3-5-8/h8-9H,1-7,11H2. The van der Waals surface area contributed by atoms with Crippen molar-refractivity contribution in [3.63, 3.8) is 0 Å². The van der Waals surface area contributed by atoms with Crippen LogP contribution in [0.3, 0.4) is 0 Å². The molecule has 0 radical (unpaired) electrons. The fraction of sp³-hybridized carbons (Fsp3) is 1.00. The van der Waals surface area contributed by atoms with E-state index in [1.165, 1.54) is 19.3 Å². The lowest BCUT2D eigenvalue weighted by Gasteiger charge is -2.23. The summed E-state index contributed by atoms with van der Waals surface area (Å²) in [5, 5.41) is 0. The van der Waals surface area contributed by atoms with Gasteiger partial charge in [0.05, 0.1) is 5.75 Å². The van der Waals surface area contributed by atoms with Crippen LogP contribution in [0.1, 0.15) is 38.5 Å². The minimum absolute atomic E-state index is 0.500. The molecule has 1 atom stereocenters. The molecule has 1 rings (SSSR count). The molecule has 0 aromatic heterocycles. The van der Waals surface area contributed by atoms with E-state index >= 15 is 0 Å². The van der Waals surface area contributed by atoms with E-state index in [0.717, 1.165) is 12.8 Å². The first-order chi connectivity index (χ1) is 6.47. The van der Waals surface area contributed by atoms with E-state index in [4.69, 9.17) is 5.73 Å². The first kappa shape index (κ1) is 11.9. The molecule has 1 fully saturated rings. The number of hydrogen-bond donors (Lipinski definition) is 1. The van der Waals surface area contributed by atoms with Gasteiger partial charge in [-0.3, -0.25) is 0 Å². The summed E-state index contributed by atoms with van der Waals surface area (Å²) in [5.41, 5.74) is 5.57. The molecule has 0 aromatic carbocycles. The van der Waals surface area contributed by atoms with Crippen molar-refractivity contribution in [2.45, 2.75) is 44.6 Å². The largest absolute Gasteiger partial charge is 0.327 e. The topological polar surface area (TPSA) is 60.2 Å². The van der Waals surface area contributed by atoms with E-state index in [1.54, 1.807) is 0 Å². The fourth-order valence-electron chi connectivity index (χ4n) is 2.17. The number of nitrogens with two attached hydrogens (primary N) is 1. The van der Waals surface area contributed by atoms with Crippen LogP contribution in [0.2, 0.25) is 0 Å². The van der Waals surface area contributed by atoms with E-state index in [-0.39, 0.29) is 0 Å². The molecule has 3 nitrogen and oxygen atoms in total. The van der Waals surface area contributed by atoms with E-state index in [9.17, 15) is 12.3 Å². The molecule has 0 spiro atoms. The second-order valence-corrected chi connectivity index (χ2v) is 5.62. The lowest BCUT2D eigenvalue weighted by molar-refractivity contribution is 0.322. The second-order valence-electron chi connectivity index (χ2n) is 4.21. The monoisotopic (exact) mass is 223 g/mol. The number of halogens is 1. The Labute approximate surface area is 85.1 Å². The Kier molecular flexibility index (Phi) is 4.31. The molecule has 14 heavy (non-hydrogen) atoms. The van der Waals surface area contributed by atoms with Gasteiger partial charge in [0.15, 0.2) is 0 Å². The molecule has 0 amide bonds. The summed E-state index contributed by atoms with van der Waals surface area (Å²) < 4.78 is 33.0. The SMILES string of the molecule is NC(CC1CCCCC1)CS(=O)(=O)F. The van der Waals surface area contributed by atoms with E-state index in [0.29, 0.717) is 12.3 Å². The molecule has 1 saturated carbocycles. The van der Waals surface area contributed by atoms with Gasteiger partial charge in [0, 0.05) is 6.04 Å². The predicted octanol–water partition coefficient (Wildman–Crippen LogP) is 1.58. The van der Waals surface area contributed by atoms with Gasteiger partial charge in [-0.05, 0) is 12.3 Å². The Bertz CT molecular complexity index is 260. The third-order valence-corrected chi connectivity index (χ3v) is 3.60. The van der Waals surface area contributed by atoms with Gasteiger partial charge in [0.25, 0.3) is 0 Å². The second kappa shape index (κ2) is 5.07. The van der Waals surface area contributed by atoms with Gasteiger partial charge < -0.3 is 5.73 Å². The molecule has 0 bridgehead atoms.